The minimum atomic E-state index is -3.99. The lowest BCUT2D eigenvalue weighted by atomic mass is 9.99. The van der Waals surface area contributed by atoms with Gasteiger partial charge in [-0.2, -0.15) is 4.31 Å². The minimum absolute atomic E-state index is 0.0108. The Hall–Kier alpha value is -3.16. The van der Waals surface area contributed by atoms with Crippen molar-refractivity contribution in [2.24, 2.45) is 5.92 Å². The number of ether oxygens (including phenoxy) is 1. The van der Waals surface area contributed by atoms with Crippen molar-refractivity contribution < 1.29 is 31.5 Å². The third-order valence-electron chi connectivity index (χ3n) is 6.93. The molecule has 1 heterocycles. The summed E-state index contributed by atoms with van der Waals surface area (Å²) >= 11 is 5.88. The molecule has 41 heavy (non-hydrogen) atoms. The average Bonchev–Trinajstić information content (AvgIpc) is 2.95. The zero-order valence-electron chi connectivity index (χ0n) is 22.8. The Morgan fingerprint density at radius 2 is 1.71 bits per heavy atom. The molecule has 3 aromatic rings. The highest BCUT2D eigenvalue weighted by molar-refractivity contribution is 7.92. The Morgan fingerprint density at radius 3 is 2.34 bits per heavy atom. The van der Waals surface area contributed by atoms with E-state index >= 15 is 0 Å². The molecule has 10 nitrogen and oxygen atoms in total. The standard InChI is InChI=1S/C28H32ClN3O7S2/c1-19-16-32(20(2)18-33)28(34)25-15-22(30-40(35,36)23-12-9-21(29)10-13-23)11-14-26(25)39-27(19)17-31(3)41(37,38)24-7-5-4-6-8-24/h4-15,19-20,27,30,33H,16-18H2,1-3H3/t19-,20-,27-/m0/s1. The highest BCUT2D eigenvalue weighted by Gasteiger charge is 2.35. The molecule has 1 amide bonds. The molecular formula is C28H32ClN3O7S2. The number of carbonyl (C=O) groups is 1. The Balaban J connectivity index is 1.68. The maximum atomic E-state index is 13.7. The highest BCUT2D eigenvalue weighted by atomic mass is 35.5. The van der Waals surface area contributed by atoms with E-state index in [2.05, 4.69) is 4.72 Å². The van der Waals surface area contributed by atoms with E-state index in [1.54, 1.807) is 25.1 Å². The number of likely N-dealkylation sites (N-methyl/N-ethyl adjacent to an activating group) is 1. The van der Waals surface area contributed by atoms with E-state index in [1.165, 1.54) is 70.9 Å². The number of aliphatic hydroxyl groups excluding tert-OH is 1. The molecule has 4 rings (SSSR count). The lowest BCUT2D eigenvalue weighted by Crippen LogP contribution is -2.50. The highest BCUT2D eigenvalue weighted by Crippen LogP contribution is 2.32. The maximum Gasteiger partial charge on any atom is 0.261 e. The van der Waals surface area contributed by atoms with Crippen LogP contribution in [0.2, 0.25) is 5.02 Å². The van der Waals surface area contributed by atoms with Gasteiger partial charge < -0.3 is 14.7 Å². The van der Waals surface area contributed by atoms with E-state index in [-0.39, 0.29) is 52.4 Å². The van der Waals surface area contributed by atoms with Gasteiger partial charge >= 0.3 is 0 Å². The molecule has 0 aromatic heterocycles. The molecule has 0 fully saturated rings. The summed E-state index contributed by atoms with van der Waals surface area (Å²) in [5, 5.41) is 10.3. The molecule has 0 radical (unpaired) electrons. The van der Waals surface area contributed by atoms with Crippen molar-refractivity contribution >= 4 is 43.2 Å². The average molecular weight is 622 g/mol. The number of anilines is 1. The molecule has 0 bridgehead atoms. The molecule has 0 saturated heterocycles. The molecule has 1 aliphatic heterocycles. The van der Waals surface area contributed by atoms with Crippen molar-refractivity contribution in [2.45, 2.75) is 35.8 Å². The second-order valence-corrected chi connectivity index (χ2v) is 14.2. The van der Waals surface area contributed by atoms with Crippen LogP contribution in [-0.2, 0) is 20.0 Å². The fraction of sp³-hybridized carbons (Fsp3) is 0.321. The summed E-state index contributed by atoms with van der Waals surface area (Å²) in [5.41, 5.74) is 0.202. The van der Waals surface area contributed by atoms with Gasteiger partial charge in [0.1, 0.15) is 11.9 Å². The summed E-state index contributed by atoms with van der Waals surface area (Å²) in [4.78, 5) is 15.3. The van der Waals surface area contributed by atoms with Gasteiger partial charge in [0.2, 0.25) is 10.0 Å². The minimum Gasteiger partial charge on any atom is -0.488 e. The van der Waals surface area contributed by atoms with Crippen LogP contribution in [0.15, 0.2) is 82.6 Å². The van der Waals surface area contributed by atoms with Gasteiger partial charge in [0, 0.05) is 30.2 Å². The SMILES string of the molecule is C[C@H]1CN([C@@H](C)CO)C(=O)c2cc(NS(=O)(=O)c3ccc(Cl)cc3)ccc2O[C@H]1CN(C)S(=O)(=O)c1ccccc1. The van der Waals surface area contributed by atoms with Crippen LogP contribution in [0.1, 0.15) is 24.2 Å². The van der Waals surface area contributed by atoms with Gasteiger partial charge in [-0.1, -0.05) is 36.7 Å². The van der Waals surface area contributed by atoms with Crippen LogP contribution in [-0.4, -0.2) is 75.9 Å². The van der Waals surface area contributed by atoms with E-state index in [0.29, 0.717) is 5.02 Å². The zero-order valence-corrected chi connectivity index (χ0v) is 25.2. The molecule has 3 atom stereocenters. The molecule has 3 aromatic carbocycles. The number of hydrogen-bond donors (Lipinski definition) is 2. The maximum absolute atomic E-state index is 13.7. The first kappa shape index (κ1) is 30.8. The Kier molecular flexibility index (Phi) is 9.29. The molecule has 220 valence electrons. The summed E-state index contributed by atoms with van der Waals surface area (Å²) in [6.45, 7) is 3.39. The fourth-order valence-corrected chi connectivity index (χ4v) is 6.84. The Labute approximate surface area is 245 Å². The van der Waals surface area contributed by atoms with Crippen molar-refractivity contribution in [1.29, 1.82) is 0 Å². The van der Waals surface area contributed by atoms with Gasteiger partial charge in [0.25, 0.3) is 15.9 Å². The fourth-order valence-electron chi connectivity index (χ4n) is 4.46. The van der Waals surface area contributed by atoms with Crippen LogP contribution in [0, 0.1) is 5.92 Å². The molecule has 13 heteroatoms. The molecule has 0 saturated carbocycles. The molecule has 0 unspecified atom stereocenters. The summed E-state index contributed by atoms with van der Waals surface area (Å²) in [6.07, 6.45) is -0.671. The van der Waals surface area contributed by atoms with Gasteiger partial charge in [-0.3, -0.25) is 9.52 Å². The number of hydrogen-bond acceptors (Lipinski definition) is 7. The van der Waals surface area contributed by atoms with Gasteiger partial charge in [-0.15, -0.1) is 0 Å². The number of carbonyl (C=O) groups excluding carboxylic acids is 1. The molecule has 0 aliphatic carbocycles. The first-order chi connectivity index (χ1) is 19.3. The van der Waals surface area contributed by atoms with Crippen LogP contribution >= 0.6 is 11.6 Å². The second kappa shape index (κ2) is 12.4. The number of nitrogens with one attached hydrogen (secondary N) is 1. The Bertz CT molecular complexity index is 1600. The van der Waals surface area contributed by atoms with Crippen LogP contribution in [0.4, 0.5) is 5.69 Å². The number of benzene rings is 3. The number of aliphatic hydroxyl groups is 1. The predicted octanol–water partition coefficient (Wildman–Crippen LogP) is 3.68. The van der Waals surface area contributed by atoms with Crippen LogP contribution in [0.25, 0.3) is 0 Å². The summed E-state index contributed by atoms with van der Waals surface area (Å²) in [7, 11) is -6.34. The smallest absolute Gasteiger partial charge is 0.261 e. The number of fused-ring (bicyclic) bond motifs is 1. The van der Waals surface area contributed by atoms with E-state index in [9.17, 15) is 26.7 Å². The van der Waals surface area contributed by atoms with Gasteiger partial charge in [0.05, 0.1) is 34.5 Å². The van der Waals surface area contributed by atoms with Crippen molar-refractivity contribution in [2.75, 3.05) is 31.5 Å². The number of nitrogens with zero attached hydrogens (tertiary/aromatic N) is 2. The van der Waals surface area contributed by atoms with E-state index < -0.39 is 38.1 Å². The first-order valence-corrected chi connectivity index (χ1v) is 16.2. The molecule has 2 N–H and O–H groups in total. The van der Waals surface area contributed by atoms with E-state index in [1.807, 2.05) is 6.92 Å². The van der Waals surface area contributed by atoms with E-state index in [4.69, 9.17) is 16.3 Å². The van der Waals surface area contributed by atoms with Crippen molar-refractivity contribution in [3.63, 3.8) is 0 Å². The summed E-state index contributed by atoms with van der Waals surface area (Å²) in [5.74, 6) is -0.608. The third-order valence-corrected chi connectivity index (χ3v) is 10.4. The van der Waals surface area contributed by atoms with Crippen LogP contribution in [0.5, 0.6) is 5.75 Å². The largest absolute Gasteiger partial charge is 0.488 e. The lowest BCUT2D eigenvalue weighted by molar-refractivity contribution is 0.0387. The summed E-state index contributed by atoms with van der Waals surface area (Å²) < 4.78 is 62.2. The zero-order chi connectivity index (χ0) is 29.9. The normalized spacial score (nSPS) is 18.7. The number of halogens is 1. The Morgan fingerprint density at radius 1 is 1.05 bits per heavy atom. The molecule has 1 aliphatic rings. The monoisotopic (exact) mass is 621 g/mol. The number of rotatable bonds is 9. The van der Waals surface area contributed by atoms with Gasteiger partial charge in [0.15, 0.2) is 0 Å². The van der Waals surface area contributed by atoms with E-state index in [0.717, 1.165) is 0 Å². The first-order valence-electron chi connectivity index (χ1n) is 12.9. The second-order valence-electron chi connectivity index (χ2n) is 9.99. The van der Waals surface area contributed by atoms with Gasteiger partial charge in [-0.25, -0.2) is 16.8 Å². The van der Waals surface area contributed by atoms with Gasteiger partial charge in [-0.05, 0) is 61.5 Å². The lowest BCUT2D eigenvalue weighted by Gasteiger charge is -2.38. The van der Waals surface area contributed by atoms with Crippen molar-refractivity contribution in [3.05, 3.63) is 83.4 Å². The predicted molar refractivity (Wildman–Crippen MR) is 156 cm³/mol. The molecule has 0 spiro atoms. The number of amides is 1. The quantitative estimate of drug-likeness (QED) is 0.372. The van der Waals surface area contributed by atoms with Crippen LogP contribution < -0.4 is 9.46 Å². The van der Waals surface area contributed by atoms with Crippen molar-refractivity contribution in [3.8, 4) is 5.75 Å². The third kappa shape index (κ3) is 6.84. The topological polar surface area (TPSA) is 133 Å². The van der Waals surface area contributed by atoms with Crippen LogP contribution in [0.3, 0.4) is 0 Å². The number of sulfonamides is 2. The van der Waals surface area contributed by atoms with Crippen molar-refractivity contribution in [1.82, 2.24) is 9.21 Å². The summed E-state index contributed by atoms with van der Waals surface area (Å²) in [6, 6.07) is 17.4. The molecular weight excluding hydrogens is 590 g/mol.